The molecule has 16 heavy (non-hydrogen) atoms. The van der Waals surface area contributed by atoms with E-state index in [2.05, 4.69) is 15.2 Å². The van der Waals surface area contributed by atoms with Gasteiger partial charge in [0.15, 0.2) is 0 Å². The average molecular weight is 223 g/mol. The van der Waals surface area contributed by atoms with Crippen LogP contribution in [0.2, 0.25) is 0 Å². The van der Waals surface area contributed by atoms with Gasteiger partial charge in [0.25, 0.3) is 0 Å². The van der Waals surface area contributed by atoms with Crippen molar-refractivity contribution in [3.63, 3.8) is 0 Å². The van der Waals surface area contributed by atoms with Gasteiger partial charge in [-0.2, -0.15) is 0 Å². The number of methoxy groups -OCH3 is 1. The fourth-order valence-electron chi connectivity index (χ4n) is 2.05. The highest BCUT2D eigenvalue weighted by Gasteiger charge is 2.29. The third kappa shape index (κ3) is 2.25. The van der Waals surface area contributed by atoms with Crippen LogP contribution in [0.15, 0.2) is 18.5 Å². The standard InChI is InChI=1S/C11H17N3O2/c1-16-11(15)10(9-2-3-13-8-9)14-6-4-12-5-7-14/h2-3,8,10,12-13H,4-7H2,1H3. The molecule has 0 spiro atoms. The Balaban J connectivity index is 2.17. The number of nitrogens with one attached hydrogen (secondary N) is 2. The predicted octanol–water partition coefficient (Wildman–Crippen LogP) is 0.134. The van der Waals surface area contributed by atoms with Crippen molar-refractivity contribution >= 4 is 5.97 Å². The zero-order valence-electron chi connectivity index (χ0n) is 9.40. The van der Waals surface area contributed by atoms with Gasteiger partial charge in [0, 0.05) is 38.6 Å². The molecule has 1 aliphatic heterocycles. The number of piperazine rings is 1. The van der Waals surface area contributed by atoms with Crippen LogP contribution < -0.4 is 5.32 Å². The van der Waals surface area contributed by atoms with E-state index in [1.54, 1.807) is 0 Å². The molecule has 5 heteroatoms. The zero-order valence-corrected chi connectivity index (χ0v) is 9.40. The summed E-state index contributed by atoms with van der Waals surface area (Å²) < 4.78 is 4.87. The van der Waals surface area contributed by atoms with Gasteiger partial charge in [-0.3, -0.25) is 4.90 Å². The minimum absolute atomic E-state index is 0.193. The fraction of sp³-hybridized carbons (Fsp3) is 0.545. The molecule has 0 radical (unpaired) electrons. The average Bonchev–Trinajstić information content (AvgIpc) is 2.84. The van der Waals surface area contributed by atoms with E-state index in [1.165, 1.54) is 7.11 Å². The largest absolute Gasteiger partial charge is 0.468 e. The van der Waals surface area contributed by atoms with Crippen molar-refractivity contribution in [2.75, 3.05) is 33.3 Å². The van der Waals surface area contributed by atoms with Crippen LogP contribution in [-0.4, -0.2) is 49.1 Å². The van der Waals surface area contributed by atoms with Crippen molar-refractivity contribution in [3.05, 3.63) is 24.0 Å². The van der Waals surface area contributed by atoms with Gasteiger partial charge in [-0.05, 0) is 11.6 Å². The van der Waals surface area contributed by atoms with Crippen molar-refractivity contribution in [2.24, 2.45) is 0 Å². The van der Waals surface area contributed by atoms with Crippen LogP contribution in [0.5, 0.6) is 0 Å². The van der Waals surface area contributed by atoms with Crippen molar-refractivity contribution in [2.45, 2.75) is 6.04 Å². The Morgan fingerprint density at radius 3 is 2.81 bits per heavy atom. The molecule has 5 nitrogen and oxygen atoms in total. The summed E-state index contributed by atoms with van der Waals surface area (Å²) in [7, 11) is 1.43. The van der Waals surface area contributed by atoms with Crippen molar-refractivity contribution < 1.29 is 9.53 Å². The van der Waals surface area contributed by atoms with Gasteiger partial charge in [-0.1, -0.05) is 0 Å². The van der Waals surface area contributed by atoms with Gasteiger partial charge in [-0.25, -0.2) is 4.79 Å². The second kappa shape index (κ2) is 5.14. The lowest BCUT2D eigenvalue weighted by Gasteiger charge is -2.32. The lowest BCUT2D eigenvalue weighted by atomic mass is 10.1. The van der Waals surface area contributed by atoms with Crippen LogP contribution in [0.4, 0.5) is 0 Å². The molecule has 1 saturated heterocycles. The van der Waals surface area contributed by atoms with E-state index in [0.29, 0.717) is 0 Å². The topological polar surface area (TPSA) is 57.4 Å². The third-order valence-corrected chi connectivity index (χ3v) is 2.88. The number of hydrogen-bond acceptors (Lipinski definition) is 4. The number of H-pyrrole nitrogens is 1. The summed E-state index contributed by atoms with van der Waals surface area (Å²) in [6.45, 7) is 3.56. The summed E-state index contributed by atoms with van der Waals surface area (Å²) in [4.78, 5) is 16.9. The Kier molecular flexibility index (Phi) is 3.58. The summed E-state index contributed by atoms with van der Waals surface area (Å²) in [6.07, 6.45) is 3.68. The highest BCUT2D eigenvalue weighted by molar-refractivity contribution is 5.77. The Morgan fingerprint density at radius 2 is 2.25 bits per heavy atom. The summed E-state index contributed by atoms with van der Waals surface area (Å²) in [6, 6.07) is 1.64. The van der Waals surface area contributed by atoms with Gasteiger partial charge in [0.2, 0.25) is 0 Å². The second-order valence-corrected chi connectivity index (χ2v) is 3.86. The van der Waals surface area contributed by atoms with Crippen molar-refractivity contribution in [1.29, 1.82) is 0 Å². The number of aromatic amines is 1. The Labute approximate surface area is 94.8 Å². The predicted molar refractivity (Wildman–Crippen MR) is 60.0 cm³/mol. The second-order valence-electron chi connectivity index (χ2n) is 3.86. The van der Waals surface area contributed by atoms with Gasteiger partial charge in [0.05, 0.1) is 7.11 Å². The zero-order chi connectivity index (χ0) is 11.4. The van der Waals surface area contributed by atoms with Crippen LogP contribution in [0.3, 0.4) is 0 Å². The van der Waals surface area contributed by atoms with Crippen LogP contribution in [0.25, 0.3) is 0 Å². The number of aromatic nitrogens is 1. The SMILES string of the molecule is COC(=O)C(c1cc[nH]c1)N1CCNCC1. The number of carbonyl (C=O) groups excluding carboxylic acids is 1. The van der Waals surface area contributed by atoms with Crippen molar-refractivity contribution in [3.8, 4) is 0 Å². The summed E-state index contributed by atoms with van der Waals surface area (Å²) in [5, 5.41) is 3.27. The molecular formula is C11H17N3O2. The van der Waals surface area contributed by atoms with Crippen LogP contribution in [-0.2, 0) is 9.53 Å². The molecule has 0 aromatic carbocycles. The normalized spacial score (nSPS) is 19.3. The molecular weight excluding hydrogens is 206 g/mol. The molecule has 88 valence electrons. The first-order chi connectivity index (χ1) is 7.83. The highest BCUT2D eigenvalue weighted by Crippen LogP contribution is 2.21. The maximum Gasteiger partial charge on any atom is 0.327 e. The molecule has 2 rings (SSSR count). The minimum atomic E-state index is -0.279. The quantitative estimate of drug-likeness (QED) is 0.715. The van der Waals surface area contributed by atoms with E-state index in [4.69, 9.17) is 4.74 Å². The van der Waals surface area contributed by atoms with Gasteiger partial charge < -0.3 is 15.0 Å². The third-order valence-electron chi connectivity index (χ3n) is 2.88. The van der Waals surface area contributed by atoms with E-state index in [9.17, 15) is 4.79 Å². The molecule has 2 N–H and O–H groups in total. The van der Waals surface area contributed by atoms with Gasteiger partial charge in [-0.15, -0.1) is 0 Å². The summed E-state index contributed by atoms with van der Waals surface area (Å²) >= 11 is 0. The molecule has 0 bridgehead atoms. The number of esters is 1. The molecule has 2 heterocycles. The number of carbonyl (C=O) groups is 1. The van der Waals surface area contributed by atoms with Crippen LogP contribution >= 0.6 is 0 Å². The Hall–Kier alpha value is -1.33. The van der Waals surface area contributed by atoms with Crippen LogP contribution in [0, 0.1) is 0 Å². The maximum atomic E-state index is 11.8. The smallest absolute Gasteiger partial charge is 0.327 e. The fourth-order valence-corrected chi connectivity index (χ4v) is 2.05. The molecule has 1 unspecified atom stereocenters. The van der Waals surface area contributed by atoms with Gasteiger partial charge >= 0.3 is 5.97 Å². The first kappa shape index (κ1) is 11.2. The number of hydrogen-bond donors (Lipinski definition) is 2. The van der Waals surface area contributed by atoms with E-state index in [1.807, 2.05) is 18.5 Å². The molecule has 1 fully saturated rings. The first-order valence-corrected chi connectivity index (χ1v) is 5.48. The molecule has 1 atom stereocenters. The monoisotopic (exact) mass is 223 g/mol. The molecule has 1 aromatic heterocycles. The molecule has 1 aliphatic rings. The molecule has 0 saturated carbocycles. The number of ether oxygens (including phenoxy) is 1. The summed E-state index contributed by atoms with van der Waals surface area (Å²) in [5.41, 5.74) is 0.966. The molecule has 0 aliphatic carbocycles. The Bertz CT molecular complexity index is 331. The number of rotatable bonds is 3. The van der Waals surface area contributed by atoms with E-state index in [0.717, 1.165) is 31.7 Å². The Morgan fingerprint density at radius 1 is 1.50 bits per heavy atom. The maximum absolute atomic E-state index is 11.8. The van der Waals surface area contributed by atoms with Crippen molar-refractivity contribution in [1.82, 2.24) is 15.2 Å². The highest BCUT2D eigenvalue weighted by atomic mass is 16.5. The minimum Gasteiger partial charge on any atom is -0.468 e. The number of nitrogens with zero attached hydrogens (tertiary/aromatic N) is 1. The lowest BCUT2D eigenvalue weighted by molar-refractivity contribution is -0.147. The first-order valence-electron chi connectivity index (χ1n) is 5.48. The molecule has 1 aromatic rings. The lowest BCUT2D eigenvalue weighted by Crippen LogP contribution is -2.47. The van der Waals surface area contributed by atoms with Crippen LogP contribution in [0.1, 0.15) is 11.6 Å². The van der Waals surface area contributed by atoms with E-state index >= 15 is 0 Å². The van der Waals surface area contributed by atoms with Gasteiger partial charge in [0.1, 0.15) is 6.04 Å². The summed E-state index contributed by atoms with van der Waals surface area (Å²) in [5.74, 6) is -0.193. The molecule has 0 amide bonds. The van der Waals surface area contributed by atoms with E-state index in [-0.39, 0.29) is 12.0 Å². The van der Waals surface area contributed by atoms with E-state index < -0.39 is 0 Å².